The van der Waals surface area contributed by atoms with Gasteiger partial charge >= 0.3 is 0 Å². The molecule has 2 nitrogen and oxygen atoms in total. The molecule has 2 radical (unpaired) electrons. The first-order valence-electron chi connectivity index (χ1n) is 4.52. The molecule has 2 rings (SSSR count). The van der Waals surface area contributed by atoms with Crippen LogP contribution in [0.2, 0.25) is 0 Å². The van der Waals surface area contributed by atoms with Gasteiger partial charge in [-0.05, 0) is 30.7 Å². The van der Waals surface area contributed by atoms with Gasteiger partial charge in [0.05, 0.1) is 0 Å². The number of anilines is 1. The number of hydrogen-bond donors (Lipinski definition) is 1. The Labute approximate surface area is 80.1 Å². The molecular formula is C10H13BN2. The summed E-state index contributed by atoms with van der Waals surface area (Å²) in [5, 5.41) is 0. The standard InChI is InChI=1S/C10H13BN2/c1-13-3-2-7-5-10(12)9(11)4-8(7)6-13/h4-5H,2-3,6,12H2,1H3. The molecule has 0 aromatic heterocycles. The molecule has 13 heavy (non-hydrogen) atoms. The van der Waals surface area contributed by atoms with Crippen molar-refractivity contribution in [2.24, 2.45) is 0 Å². The summed E-state index contributed by atoms with van der Waals surface area (Å²) in [5.41, 5.74) is 9.83. The van der Waals surface area contributed by atoms with Gasteiger partial charge in [0.15, 0.2) is 0 Å². The summed E-state index contributed by atoms with van der Waals surface area (Å²) in [7, 11) is 7.87. The average molecular weight is 172 g/mol. The Hall–Kier alpha value is -0.955. The van der Waals surface area contributed by atoms with Crippen LogP contribution >= 0.6 is 0 Å². The van der Waals surface area contributed by atoms with Crippen LogP contribution in [0.15, 0.2) is 12.1 Å². The summed E-state index contributed by atoms with van der Waals surface area (Å²) < 4.78 is 0. The lowest BCUT2D eigenvalue weighted by atomic mass is 9.88. The molecule has 66 valence electrons. The Bertz CT molecular complexity index is 336. The lowest BCUT2D eigenvalue weighted by molar-refractivity contribution is 0.313. The number of nitrogens with two attached hydrogens (primary N) is 1. The molecule has 3 heteroatoms. The summed E-state index contributed by atoms with van der Waals surface area (Å²) in [6.07, 6.45) is 1.08. The van der Waals surface area contributed by atoms with Crippen LogP contribution in [-0.2, 0) is 13.0 Å². The largest absolute Gasteiger partial charge is 0.399 e. The van der Waals surface area contributed by atoms with E-state index in [4.69, 9.17) is 13.6 Å². The number of nitrogens with zero attached hydrogens (tertiary/aromatic N) is 1. The van der Waals surface area contributed by atoms with Crippen molar-refractivity contribution in [1.29, 1.82) is 0 Å². The molecule has 1 aromatic rings. The van der Waals surface area contributed by atoms with E-state index < -0.39 is 0 Å². The quantitative estimate of drug-likeness (QED) is 0.442. The molecule has 2 N–H and O–H groups in total. The predicted octanol–water partition coefficient (Wildman–Crippen LogP) is 0.0505. The van der Waals surface area contributed by atoms with Crippen LogP contribution in [0.5, 0.6) is 0 Å². The molecule has 1 heterocycles. The van der Waals surface area contributed by atoms with Crippen molar-refractivity contribution < 1.29 is 0 Å². The van der Waals surface area contributed by atoms with Crippen molar-refractivity contribution in [1.82, 2.24) is 4.90 Å². The second-order valence-corrected chi connectivity index (χ2v) is 3.74. The lowest BCUT2D eigenvalue weighted by Crippen LogP contribution is -2.28. The van der Waals surface area contributed by atoms with Crippen molar-refractivity contribution in [2.75, 3.05) is 19.3 Å². The summed E-state index contributed by atoms with van der Waals surface area (Å²) in [4.78, 5) is 2.29. The highest BCUT2D eigenvalue weighted by Gasteiger charge is 2.13. The van der Waals surface area contributed by atoms with Gasteiger partial charge in [-0.1, -0.05) is 11.5 Å². The summed E-state index contributed by atoms with van der Waals surface area (Å²) in [6.45, 7) is 2.09. The van der Waals surface area contributed by atoms with Crippen molar-refractivity contribution in [3.63, 3.8) is 0 Å². The Kier molecular flexibility index (Phi) is 2.04. The molecule has 0 spiro atoms. The van der Waals surface area contributed by atoms with Crippen LogP contribution in [0, 0.1) is 0 Å². The molecule has 0 unspecified atom stereocenters. The minimum Gasteiger partial charge on any atom is -0.399 e. The highest BCUT2D eigenvalue weighted by atomic mass is 15.1. The van der Waals surface area contributed by atoms with Crippen LogP contribution in [-0.4, -0.2) is 26.3 Å². The number of fused-ring (bicyclic) bond motifs is 1. The van der Waals surface area contributed by atoms with E-state index in [9.17, 15) is 0 Å². The fourth-order valence-corrected chi connectivity index (χ4v) is 1.79. The molecule has 1 aliphatic heterocycles. The van der Waals surface area contributed by atoms with Crippen LogP contribution in [0.3, 0.4) is 0 Å². The maximum atomic E-state index is 5.75. The molecule has 0 amide bonds. The van der Waals surface area contributed by atoms with Gasteiger partial charge < -0.3 is 10.6 Å². The first-order valence-corrected chi connectivity index (χ1v) is 4.52. The molecule has 0 saturated carbocycles. The molecule has 1 aliphatic rings. The number of likely N-dealkylation sites (N-methyl/N-ethyl adjacent to an activating group) is 1. The number of hydrogen-bond acceptors (Lipinski definition) is 2. The molecular weight excluding hydrogens is 159 g/mol. The predicted molar refractivity (Wildman–Crippen MR) is 56.3 cm³/mol. The zero-order chi connectivity index (χ0) is 9.42. The van der Waals surface area contributed by atoms with Gasteiger partial charge in [0.2, 0.25) is 0 Å². The summed E-state index contributed by atoms with van der Waals surface area (Å²) in [6, 6.07) is 4.01. The first kappa shape index (κ1) is 8.63. The van der Waals surface area contributed by atoms with E-state index in [1.165, 1.54) is 11.1 Å². The van der Waals surface area contributed by atoms with Crippen molar-refractivity contribution in [3.8, 4) is 0 Å². The Morgan fingerprint density at radius 3 is 2.92 bits per heavy atom. The zero-order valence-corrected chi connectivity index (χ0v) is 7.88. The van der Waals surface area contributed by atoms with Crippen molar-refractivity contribution in [3.05, 3.63) is 23.3 Å². The van der Waals surface area contributed by atoms with Gasteiger partial charge in [-0.25, -0.2) is 0 Å². The van der Waals surface area contributed by atoms with E-state index in [-0.39, 0.29) is 0 Å². The maximum absolute atomic E-state index is 5.75. The third-order valence-electron chi connectivity index (χ3n) is 2.61. The third-order valence-corrected chi connectivity index (χ3v) is 2.61. The van der Waals surface area contributed by atoms with Crippen LogP contribution in [0.1, 0.15) is 11.1 Å². The smallest absolute Gasteiger partial charge is 0.116 e. The summed E-state index contributed by atoms with van der Waals surface area (Å²) in [5.74, 6) is 0. The van der Waals surface area contributed by atoms with Gasteiger partial charge in [-0.2, -0.15) is 0 Å². The van der Waals surface area contributed by atoms with Crippen LogP contribution < -0.4 is 11.2 Å². The molecule has 0 fully saturated rings. The minimum atomic E-state index is 0.703. The Morgan fingerprint density at radius 1 is 1.38 bits per heavy atom. The van der Waals surface area contributed by atoms with Crippen LogP contribution in [0.4, 0.5) is 5.69 Å². The van der Waals surface area contributed by atoms with Gasteiger partial charge in [-0.3, -0.25) is 0 Å². The van der Waals surface area contributed by atoms with E-state index in [1.54, 1.807) is 0 Å². The second kappa shape index (κ2) is 3.07. The monoisotopic (exact) mass is 172 g/mol. The fourth-order valence-electron chi connectivity index (χ4n) is 1.79. The maximum Gasteiger partial charge on any atom is 0.116 e. The SMILES string of the molecule is [B]c1cc2c(cc1N)CCN(C)C2. The van der Waals surface area contributed by atoms with E-state index in [0.29, 0.717) is 11.2 Å². The molecule has 0 aliphatic carbocycles. The van der Waals surface area contributed by atoms with Gasteiger partial charge in [0.1, 0.15) is 7.85 Å². The fraction of sp³-hybridized carbons (Fsp3) is 0.400. The van der Waals surface area contributed by atoms with E-state index in [1.807, 2.05) is 12.1 Å². The normalized spacial score (nSPS) is 17.0. The number of rotatable bonds is 0. The Morgan fingerprint density at radius 2 is 2.15 bits per heavy atom. The molecule has 0 atom stereocenters. The topological polar surface area (TPSA) is 29.3 Å². The van der Waals surface area contributed by atoms with E-state index in [0.717, 1.165) is 19.5 Å². The Balaban J connectivity index is 2.43. The minimum absolute atomic E-state index is 0.703. The lowest BCUT2D eigenvalue weighted by Gasteiger charge is -2.25. The second-order valence-electron chi connectivity index (χ2n) is 3.74. The van der Waals surface area contributed by atoms with Gasteiger partial charge in [0, 0.05) is 18.8 Å². The average Bonchev–Trinajstić information content (AvgIpc) is 2.08. The third kappa shape index (κ3) is 1.56. The van der Waals surface area contributed by atoms with Crippen molar-refractivity contribution in [2.45, 2.75) is 13.0 Å². The summed E-state index contributed by atoms with van der Waals surface area (Å²) >= 11 is 0. The van der Waals surface area contributed by atoms with E-state index in [2.05, 4.69) is 11.9 Å². The first-order chi connectivity index (χ1) is 6.16. The number of nitrogen functional groups attached to an aromatic ring is 1. The van der Waals surface area contributed by atoms with Crippen LogP contribution in [0.25, 0.3) is 0 Å². The highest BCUT2D eigenvalue weighted by Crippen LogP contribution is 2.18. The number of benzene rings is 1. The molecule has 1 aromatic carbocycles. The van der Waals surface area contributed by atoms with Gasteiger partial charge in [-0.15, -0.1) is 0 Å². The van der Waals surface area contributed by atoms with E-state index >= 15 is 0 Å². The zero-order valence-electron chi connectivity index (χ0n) is 7.88. The van der Waals surface area contributed by atoms with Crippen molar-refractivity contribution >= 4 is 19.0 Å². The molecule has 0 bridgehead atoms. The molecule has 0 saturated heterocycles. The highest BCUT2D eigenvalue weighted by molar-refractivity contribution is 6.35. The van der Waals surface area contributed by atoms with Gasteiger partial charge in [0.25, 0.3) is 0 Å².